The van der Waals surface area contributed by atoms with E-state index in [1.165, 1.54) is 6.20 Å². The number of aryl methyl sites for hydroxylation is 2. The number of aromatic hydroxyl groups is 1. The summed E-state index contributed by atoms with van der Waals surface area (Å²) in [6, 6.07) is 12.1. The van der Waals surface area contributed by atoms with Crippen molar-refractivity contribution in [2.75, 3.05) is 10.6 Å². The molecule has 2 aromatic carbocycles. The lowest BCUT2D eigenvalue weighted by molar-refractivity contribution is -0.116. The normalized spacial score (nSPS) is 17.4. The molecule has 7 heteroatoms. The van der Waals surface area contributed by atoms with Crippen LogP contribution in [0.2, 0.25) is 0 Å². The minimum Gasteiger partial charge on any atom is -0.508 e. The smallest absolute Gasteiger partial charge is 0.261 e. The Morgan fingerprint density at radius 2 is 2.00 bits per heavy atom. The van der Waals surface area contributed by atoms with E-state index in [0.717, 1.165) is 35.2 Å². The number of carbonyl (C=O) groups is 2. The molecule has 3 N–H and O–H groups in total. The van der Waals surface area contributed by atoms with Crippen molar-refractivity contribution in [3.8, 4) is 5.75 Å². The van der Waals surface area contributed by atoms with E-state index in [-0.39, 0.29) is 17.4 Å². The number of benzene rings is 2. The first-order valence-electron chi connectivity index (χ1n) is 10.7. The standard InChI is InChI=1S/C25H24N4O3/c1-14-9-10-17(11-15(14)2)27-25(32)19-13-26-29-23(16-5-3-6-18(30)12-16)22-20(28-24(19)29)7-4-8-21(22)31/h3,5-6,9-13,23,28,30H,4,7-8H2,1-2H3,(H,27,32)/t23-/m0/s1. The third-order valence-corrected chi connectivity index (χ3v) is 6.23. The maximum Gasteiger partial charge on any atom is 0.261 e. The molecule has 1 atom stereocenters. The molecule has 0 saturated heterocycles. The van der Waals surface area contributed by atoms with Gasteiger partial charge in [-0.1, -0.05) is 18.2 Å². The van der Waals surface area contributed by atoms with Crippen LogP contribution in [0.4, 0.5) is 11.5 Å². The monoisotopic (exact) mass is 428 g/mol. The zero-order chi connectivity index (χ0) is 22.4. The Balaban J connectivity index is 1.56. The van der Waals surface area contributed by atoms with Crippen LogP contribution >= 0.6 is 0 Å². The van der Waals surface area contributed by atoms with Crippen LogP contribution in [0, 0.1) is 13.8 Å². The maximum absolute atomic E-state index is 13.1. The Hall–Kier alpha value is -3.87. The number of Topliss-reactive ketones (excluding diaryl/α,β-unsaturated/α-hetero) is 1. The van der Waals surface area contributed by atoms with Gasteiger partial charge in [0.05, 0.1) is 6.20 Å². The van der Waals surface area contributed by atoms with Crippen LogP contribution < -0.4 is 10.6 Å². The van der Waals surface area contributed by atoms with Gasteiger partial charge in [0.2, 0.25) is 0 Å². The van der Waals surface area contributed by atoms with E-state index < -0.39 is 6.04 Å². The van der Waals surface area contributed by atoms with Crippen molar-refractivity contribution in [3.63, 3.8) is 0 Å². The molecule has 0 radical (unpaired) electrons. The van der Waals surface area contributed by atoms with Gasteiger partial charge in [0, 0.05) is 23.4 Å². The van der Waals surface area contributed by atoms with Crippen LogP contribution in [0.1, 0.15) is 52.4 Å². The highest BCUT2D eigenvalue weighted by Gasteiger charge is 2.37. The number of rotatable bonds is 3. The largest absolute Gasteiger partial charge is 0.508 e. The number of fused-ring (bicyclic) bond motifs is 1. The Morgan fingerprint density at radius 1 is 1.16 bits per heavy atom. The molecule has 2 heterocycles. The van der Waals surface area contributed by atoms with Gasteiger partial charge in [-0.25, -0.2) is 4.68 Å². The number of hydrogen-bond acceptors (Lipinski definition) is 5. The van der Waals surface area contributed by atoms with Crippen LogP contribution in [-0.2, 0) is 4.79 Å². The molecule has 162 valence electrons. The van der Waals surface area contributed by atoms with Gasteiger partial charge in [-0.15, -0.1) is 0 Å². The lowest BCUT2D eigenvalue weighted by Gasteiger charge is -2.33. The number of allylic oxidation sites excluding steroid dienone is 2. The molecule has 0 saturated carbocycles. The molecule has 1 aliphatic heterocycles. The molecule has 7 nitrogen and oxygen atoms in total. The molecule has 0 spiro atoms. The van der Waals surface area contributed by atoms with E-state index in [1.54, 1.807) is 22.9 Å². The van der Waals surface area contributed by atoms with Crippen molar-refractivity contribution in [2.24, 2.45) is 0 Å². The number of carbonyl (C=O) groups excluding carboxylic acids is 2. The summed E-state index contributed by atoms with van der Waals surface area (Å²) < 4.78 is 1.67. The fraction of sp³-hybridized carbons (Fsp3) is 0.240. The summed E-state index contributed by atoms with van der Waals surface area (Å²) in [6.07, 6.45) is 3.49. The Labute approximate surface area is 185 Å². The van der Waals surface area contributed by atoms with Gasteiger partial charge >= 0.3 is 0 Å². The van der Waals surface area contributed by atoms with Crippen LogP contribution in [0.3, 0.4) is 0 Å². The molecule has 0 fully saturated rings. The number of phenolic OH excluding ortho intramolecular Hbond substituents is 1. The van der Waals surface area contributed by atoms with Crippen molar-refractivity contribution >= 4 is 23.2 Å². The molecule has 0 bridgehead atoms. The lowest BCUT2D eigenvalue weighted by atomic mass is 9.85. The van der Waals surface area contributed by atoms with Gasteiger partial charge in [-0.05, 0) is 67.6 Å². The van der Waals surface area contributed by atoms with Gasteiger partial charge in [0.1, 0.15) is 23.2 Å². The number of phenols is 1. The third kappa shape index (κ3) is 3.36. The third-order valence-electron chi connectivity index (χ3n) is 6.23. The van der Waals surface area contributed by atoms with Crippen molar-refractivity contribution in [1.82, 2.24) is 9.78 Å². The average Bonchev–Trinajstić information content (AvgIpc) is 3.19. The summed E-state index contributed by atoms with van der Waals surface area (Å²) in [7, 11) is 0. The second-order valence-electron chi connectivity index (χ2n) is 8.40. The molecule has 1 amide bonds. The minimum absolute atomic E-state index is 0.0642. The van der Waals surface area contributed by atoms with Gasteiger partial charge in [-0.2, -0.15) is 5.10 Å². The summed E-state index contributed by atoms with van der Waals surface area (Å²) in [6.45, 7) is 4.03. The fourth-order valence-electron chi connectivity index (χ4n) is 4.45. The fourth-order valence-corrected chi connectivity index (χ4v) is 4.45. The van der Waals surface area contributed by atoms with Crippen LogP contribution in [0.15, 0.2) is 59.9 Å². The van der Waals surface area contributed by atoms with Gasteiger partial charge in [0.15, 0.2) is 5.78 Å². The Kier molecular flexibility index (Phi) is 4.81. The van der Waals surface area contributed by atoms with Crippen molar-refractivity contribution in [2.45, 2.75) is 39.2 Å². The molecule has 1 aromatic heterocycles. The van der Waals surface area contributed by atoms with Crippen LogP contribution in [0.5, 0.6) is 5.75 Å². The van der Waals surface area contributed by atoms with Crippen molar-refractivity contribution in [1.29, 1.82) is 0 Å². The van der Waals surface area contributed by atoms with Crippen molar-refractivity contribution in [3.05, 3.63) is 82.2 Å². The lowest BCUT2D eigenvalue weighted by Crippen LogP contribution is -2.32. The van der Waals surface area contributed by atoms with Gasteiger partial charge in [0.25, 0.3) is 5.91 Å². The highest BCUT2D eigenvalue weighted by molar-refractivity contribution is 6.08. The SMILES string of the molecule is Cc1ccc(NC(=O)c2cnn3c2NC2=C(C(=O)CCC2)[C@@H]3c2cccc(O)c2)cc1C. The molecular formula is C25H24N4O3. The first-order valence-corrected chi connectivity index (χ1v) is 10.7. The molecule has 1 aliphatic carbocycles. The van der Waals surface area contributed by atoms with E-state index in [9.17, 15) is 14.7 Å². The number of hydrogen-bond donors (Lipinski definition) is 3. The average molecular weight is 428 g/mol. The van der Waals surface area contributed by atoms with Gasteiger partial charge in [-0.3, -0.25) is 9.59 Å². The van der Waals surface area contributed by atoms with Crippen LogP contribution in [0.25, 0.3) is 0 Å². The first kappa shape index (κ1) is 20.1. The topological polar surface area (TPSA) is 96.3 Å². The first-order chi connectivity index (χ1) is 15.4. The summed E-state index contributed by atoms with van der Waals surface area (Å²) in [4.78, 5) is 26.0. The number of ketones is 1. The van der Waals surface area contributed by atoms with Crippen LogP contribution in [-0.4, -0.2) is 26.6 Å². The summed E-state index contributed by atoms with van der Waals surface area (Å²) in [5.74, 6) is 0.457. The van der Waals surface area contributed by atoms with E-state index in [0.29, 0.717) is 29.1 Å². The summed E-state index contributed by atoms with van der Waals surface area (Å²) >= 11 is 0. The second-order valence-corrected chi connectivity index (χ2v) is 8.40. The number of anilines is 2. The van der Waals surface area contributed by atoms with E-state index >= 15 is 0 Å². The summed E-state index contributed by atoms with van der Waals surface area (Å²) in [5.41, 5.74) is 5.59. The molecule has 0 unspecified atom stereocenters. The summed E-state index contributed by atoms with van der Waals surface area (Å²) in [5, 5.41) is 20.8. The molecular weight excluding hydrogens is 404 g/mol. The molecule has 5 rings (SSSR count). The van der Waals surface area contributed by atoms with E-state index in [2.05, 4.69) is 15.7 Å². The van der Waals surface area contributed by atoms with E-state index in [4.69, 9.17) is 0 Å². The Bertz CT molecular complexity index is 1290. The molecule has 2 aliphatic rings. The quantitative estimate of drug-likeness (QED) is 0.572. The predicted octanol–water partition coefficient (Wildman–Crippen LogP) is 4.48. The zero-order valence-corrected chi connectivity index (χ0v) is 18.0. The molecule has 32 heavy (non-hydrogen) atoms. The highest BCUT2D eigenvalue weighted by Crippen LogP contribution is 2.42. The highest BCUT2D eigenvalue weighted by atomic mass is 16.3. The number of nitrogens with zero attached hydrogens (tertiary/aromatic N) is 2. The predicted molar refractivity (Wildman–Crippen MR) is 122 cm³/mol. The molecule has 3 aromatic rings. The number of amides is 1. The van der Waals surface area contributed by atoms with Gasteiger partial charge < -0.3 is 15.7 Å². The zero-order valence-electron chi connectivity index (χ0n) is 18.0. The number of nitrogens with one attached hydrogen (secondary N) is 2. The second kappa shape index (κ2) is 7.67. The van der Waals surface area contributed by atoms with E-state index in [1.807, 2.05) is 38.1 Å². The number of aromatic nitrogens is 2. The Morgan fingerprint density at radius 3 is 2.78 bits per heavy atom. The van der Waals surface area contributed by atoms with Crippen molar-refractivity contribution < 1.29 is 14.7 Å². The minimum atomic E-state index is -0.496. The maximum atomic E-state index is 13.1.